The number of ether oxygens (including phenoxy) is 2. The van der Waals surface area contributed by atoms with E-state index in [1.807, 2.05) is 18.2 Å². The molecule has 3 atom stereocenters. The van der Waals surface area contributed by atoms with Gasteiger partial charge in [-0.15, -0.1) is 0 Å². The molecule has 0 amide bonds. The van der Waals surface area contributed by atoms with Crippen molar-refractivity contribution in [2.24, 2.45) is 5.73 Å². The van der Waals surface area contributed by atoms with Crippen LogP contribution in [0.15, 0.2) is 72.9 Å². The lowest BCUT2D eigenvalue weighted by atomic mass is 10.0. The number of esters is 2. The molecule has 0 saturated heterocycles. The number of aliphatic hydroxyl groups is 1. The highest BCUT2D eigenvalue weighted by atomic mass is 31.2. The first-order chi connectivity index (χ1) is 25.7. The molecule has 0 aromatic heterocycles. The Kier molecular flexibility index (Phi) is 35.9. The van der Waals surface area contributed by atoms with Gasteiger partial charge in [0.05, 0.1) is 19.3 Å². The molecule has 0 aliphatic heterocycles. The molecule has 0 rings (SSSR count). The Morgan fingerprint density at radius 1 is 0.679 bits per heavy atom. The molecule has 0 aliphatic rings. The van der Waals surface area contributed by atoms with E-state index < -0.39 is 38.6 Å². The molecule has 11 heteroatoms. The summed E-state index contributed by atoms with van der Waals surface area (Å²) in [6.45, 7) is 3.38. The molecule has 4 N–H and O–H groups in total. The first kappa shape index (κ1) is 50.4. The molecule has 0 bridgehead atoms. The van der Waals surface area contributed by atoms with Crippen LogP contribution >= 0.6 is 7.82 Å². The number of phosphoric ester groups is 1. The summed E-state index contributed by atoms with van der Waals surface area (Å²) < 4.78 is 32.5. The van der Waals surface area contributed by atoms with Crippen molar-refractivity contribution in [1.29, 1.82) is 0 Å². The number of phosphoric acid groups is 1. The van der Waals surface area contributed by atoms with E-state index >= 15 is 0 Å². The summed E-state index contributed by atoms with van der Waals surface area (Å²) in [7, 11) is -4.41. The average molecular weight is 766 g/mol. The maximum Gasteiger partial charge on any atom is 0.472 e. The molecule has 0 radical (unpaired) electrons. The van der Waals surface area contributed by atoms with Crippen molar-refractivity contribution in [3.63, 3.8) is 0 Å². The van der Waals surface area contributed by atoms with Crippen molar-refractivity contribution >= 4 is 19.8 Å². The zero-order chi connectivity index (χ0) is 39.1. The van der Waals surface area contributed by atoms with Crippen LogP contribution in [-0.4, -0.2) is 60.5 Å². The number of rotatable bonds is 36. The van der Waals surface area contributed by atoms with E-state index in [4.69, 9.17) is 24.3 Å². The van der Waals surface area contributed by atoms with Gasteiger partial charge >= 0.3 is 19.8 Å². The summed E-state index contributed by atoms with van der Waals surface area (Å²) in [4.78, 5) is 34.7. The maximum atomic E-state index is 12.5. The van der Waals surface area contributed by atoms with Crippen molar-refractivity contribution in [1.82, 2.24) is 0 Å². The van der Waals surface area contributed by atoms with Gasteiger partial charge in [-0.25, -0.2) is 4.57 Å². The quantitative estimate of drug-likeness (QED) is 0.0185. The normalized spacial score (nSPS) is 14.7. The van der Waals surface area contributed by atoms with Crippen LogP contribution in [0.3, 0.4) is 0 Å². The second-order valence-electron chi connectivity index (χ2n) is 13.0. The van der Waals surface area contributed by atoms with E-state index in [-0.39, 0.29) is 32.6 Å². The maximum absolute atomic E-state index is 12.5. The Morgan fingerprint density at radius 2 is 1.26 bits per heavy atom. The minimum Gasteiger partial charge on any atom is -0.462 e. The van der Waals surface area contributed by atoms with Gasteiger partial charge < -0.3 is 25.2 Å². The van der Waals surface area contributed by atoms with Gasteiger partial charge in [-0.05, 0) is 44.9 Å². The van der Waals surface area contributed by atoms with E-state index in [0.29, 0.717) is 19.3 Å². The predicted molar refractivity (Wildman–Crippen MR) is 216 cm³/mol. The summed E-state index contributed by atoms with van der Waals surface area (Å²) in [5.74, 6) is -1.02. The van der Waals surface area contributed by atoms with Crippen LogP contribution in [0.2, 0.25) is 0 Å². The Balaban J connectivity index is 4.43. The molecule has 0 spiro atoms. The molecule has 0 fully saturated rings. The highest BCUT2D eigenvalue weighted by molar-refractivity contribution is 7.47. The first-order valence-corrected chi connectivity index (χ1v) is 21.5. The van der Waals surface area contributed by atoms with E-state index in [1.54, 1.807) is 18.2 Å². The summed E-state index contributed by atoms with van der Waals surface area (Å²) in [5.41, 5.74) is 5.32. The minimum atomic E-state index is -4.41. The van der Waals surface area contributed by atoms with Crippen LogP contribution in [0, 0.1) is 0 Å². The van der Waals surface area contributed by atoms with E-state index in [0.717, 1.165) is 44.9 Å². The first-order valence-electron chi connectivity index (χ1n) is 20.0. The van der Waals surface area contributed by atoms with Crippen LogP contribution in [0.25, 0.3) is 0 Å². The van der Waals surface area contributed by atoms with Crippen LogP contribution in [-0.2, 0) is 32.7 Å². The van der Waals surface area contributed by atoms with Gasteiger partial charge in [-0.1, -0.05) is 157 Å². The molecule has 2 unspecified atom stereocenters. The Labute approximate surface area is 321 Å². The molecule has 0 aromatic rings. The predicted octanol–water partition coefficient (Wildman–Crippen LogP) is 10.1. The van der Waals surface area contributed by atoms with Crippen molar-refractivity contribution in [3.05, 3.63) is 72.9 Å². The zero-order valence-electron chi connectivity index (χ0n) is 32.8. The van der Waals surface area contributed by atoms with Crippen molar-refractivity contribution in [2.75, 3.05) is 26.4 Å². The Hall–Kier alpha value is -2.59. The minimum absolute atomic E-state index is 0.0269. The summed E-state index contributed by atoms with van der Waals surface area (Å²) >= 11 is 0. The highest BCUT2D eigenvalue weighted by Gasteiger charge is 2.25. The number of carbonyl (C=O) groups excluding carboxylic acids is 2. The van der Waals surface area contributed by atoms with Crippen LogP contribution in [0.4, 0.5) is 0 Å². The monoisotopic (exact) mass is 765 g/mol. The molecule has 10 nitrogen and oxygen atoms in total. The van der Waals surface area contributed by atoms with Gasteiger partial charge in [0, 0.05) is 19.4 Å². The van der Waals surface area contributed by atoms with Crippen LogP contribution in [0.1, 0.15) is 142 Å². The third-order valence-corrected chi connectivity index (χ3v) is 8.93. The van der Waals surface area contributed by atoms with Gasteiger partial charge in [0.1, 0.15) is 6.61 Å². The van der Waals surface area contributed by atoms with Crippen LogP contribution in [0.5, 0.6) is 0 Å². The number of carbonyl (C=O) groups is 2. The smallest absolute Gasteiger partial charge is 0.462 e. The number of nitrogens with two attached hydrogens (primary N) is 1. The fourth-order valence-electron chi connectivity index (χ4n) is 4.98. The van der Waals surface area contributed by atoms with Crippen molar-refractivity contribution in [2.45, 2.75) is 154 Å². The van der Waals surface area contributed by atoms with Gasteiger partial charge in [-0.3, -0.25) is 18.6 Å². The lowest BCUT2D eigenvalue weighted by Crippen LogP contribution is -2.29. The molecule has 0 aliphatic carbocycles. The summed E-state index contributed by atoms with van der Waals surface area (Å²) in [5, 5.41) is 10.2. The number of hydrogen-bond donors (Lipinski definition) is 3. The largest absolute Gasteiger partial charge is 0.472 e. The van der Waals surface area contributed by atoms with Gasteiger partial charge in [0.15, 0.2) is 6.10 Å². The summed E-state index contributed by atoms with van der Waals surface area (Å²) in [6, 6.07) is 0. The highest BCUT2D eigenvalue weighted by Crippen LogP contribution is 2.43. The van der Waals surface area contributed by atoms with E-state index in [1.165, 1.54) is 51.4 Å². The Morgan fingerprint density at radius 3 is 1.87 bits per heavy atom. The zero-order valence-corrected chi connectivity index (χ0v) is 33.7. The lowest BCUT2D eigenvalue weighted by Gasteiger charge is -2.19. The Bertz CT molecular complexity index is 1120. The number of unbranched alkanes of at least 4 members (excludes halogenated alkanes) is 11. The van der Waals surface area contributed by atoms with E-state index in [2.05, 4.69) is 50.3 Å². The lowest BCUT2D eigenvalue weighted by molar-refractivity contribution is -0.161. The number of hydrogen-bond acceptors (Lipinski definition) is 9. The van der Waals surface area contributed by atoms with Crippen LogP contribution < -0.4 is 5.73 Å². The molecule has 304 valence electrons. The van der Waals surface area contributed by atoms with Crippen molar-refractivity contribution < 1.29 is 42.7 Å². The second-order valence-corrected chi connectivity index (χ2v) is 14.4. The molecular formula is C42H72NO9P. The summed E-state index contributed by atoms with van der Waals surface area (Å²) in [6.07, 6.45) is 41.1. The third kappa shape index (κ3) is 37.5. The van der Waals surface area contributed by atoms with Gasteiger partial charge in [0.25, 0.3) is 0 Å². The third-order valence-electron chi connectivity index (χ3n) is 7.95. The van der Waals surface area contributed by atoms with Crippen molar-refractivity contribution in [3.8, 4) is 0 Å². The molecular weight excluding hydrogens is 693 g/mol. The number of aliphatic hydroxyl groups excluding tert-OH is 1. The topological polar surface area (TPSA) is 155 Å². The SMILES string of the molecule is CC/C=C\C/C=C\C/C=C\C/C=C\C=C/C(O)C/C=C\CCC(=O)OC[C@H](COP(=O)(O)OCCN)OC(=O)CCCCCCCCCCCCCC. The molecule has 0 saturated carbocycles. The van der Waals surface area contributed by atoms with E-state index in [9.17, 15) is 24.2 Å². The standard InChI is InChI=1S/C42H72NO9P/c1-3-5-7-9-11-13-15-17-18-20-22-24-27-31-39(44)32-28-26-30-33-41(45)49-37-40(38-51-53(47,48)50-36-35-43)52-42(46)34-29-25-23-21-19-16-14-12-10-8-6-4-2/h5,7,11,13,17-18,22,24,26-28,31,39-40,44H,3-4,6,8-10,12,14-16,19-21,23,25,29-30,32-38,43H2,1-2H3,(H,47,48)/b7-5-,13-11-,18-17-,24-22-,28-26-,31-27-/t39?,40-/m1/s1. The average Bonchev–Trinajstić information content (AvgIpc) is 3.14. The fourth-order valence-corrected chi connectivity index (χ4v) is 5.74. The van der Waals surface area contributed by atoms with Gasteiger partial charge in [-0.2, -0.15) is 0 Å². The second kappa shape index (κ2) is 37.7. The molecule has 0 aromatic carbocycles. The molecule has 53 heavy (non-hydrogen) atoms. The fraction of sp³-hybridized carbons (Fsp3) is 0.667. The number of allylic oxidation sites excluding steroid dienone is 10. The molecule has 0 heterocycles. The van der Waals surface area contributed by atoms with Gasteiger partial charge in [0.2, 0.25) is 0 Å².